The van der Waals surface area contributed by atoms with E-state index < -0.39 is 0 Å². The summed E-state index contributed by atoms with van der Waals surface area (Å²) in [7, 11) is 0. The lowest BCUT2D eigenvalue weighted by Crippen LogP contribution is -2.01. The molecular formula is C9H12BrN5S. The maximum Gasteiger partial charge on any atom is 0.183 e. The smallest absolute Gasteiger partial charge is 0.183 e. The Morgan fingerprint density at radius 2 is 2.38 bits per heavy atom. The van der Waals surface area contributed by atoms with E-state index in [4.69, 9.17) is 0 Å². The normalized spacial score (nSPS) is 10.9. The van der Waals surface area contributed by atoms with Crippen LogP contribution in [0.1, 0.15) is 18.3 Å². The van der Waals surface area contributed by atoms with E-state index in [-0.39, 0.29) is 0 Å². The second-order valence-electron chi connectivity index (χ2n) is 3.24. The van der Waals surface area contributed by atoms with Crippen molar-refractivity contribution >= 4 is 27.7 Å². The Hall–Kier alpha value is -0.820. The zero-order chi connectivity index (χ0) is 11.5. The topological polar surface area (TPSA) is 59.4 Å². The summed E-state index contributed by atoms with van der Waals surface area (Å²) in [6.45, 7) is 4.96. The lowest BCUT2D eigenvalue weighted by atomic mass is 10.4. The van der Waals surface area contributed by atoms with E-state index in [1.54, 1.807) is 11.8 Å². The summed E-state index contributed by atoms with van der Waals surface area (Å²) in [5.74, 6) is 0.824. The summed E-state index contributed by atoms with van der Waals surface area (Å²) in [6.07, 6.45) is 1.51. The average molecular weight is 302 g/mol. The lowest BCUT2D eigenvalue weighted by Gasteiger charge is -2.03. The minimum atomic E-state index is 0.824. The molecule has 2 heterocycles. The minimum Gasteiger partial charge on any atom is -0.268 e. The van der Waals surface area contributed by atoms with Gasteiger partial charge in [0.1, 0.15) is 6.33 Å². The Morgan fingerprint density at radius 1 is 1.56 bits per heavy atom. The molecule has 0 spiro atoms. The Balaban J connectivity index is 2.14. The second kappa shape index (κ2) is 5.01. The van der Waals surface area contributed by atoms with E-state index in [0.29, 0.717) is 0 Å². The number of hydrogen-bond acceptors (Lipinski definition) is 4. The van der Waals surface area contributed by atoms with Gasteiger partial charge in [0.2, 0.25) is 0 Å². The number of halogens is 1. The average Bonchev–Trinajstić information content (AvgIpc) is 2.87. The Morgan fingerprint density at radius 3 is 3.00 bits per heavy atom. The molecule has 16 heavy (non-hydrogen) atoms. The highest BCUT2D eigenvalue weighted by Gasteiger charge is 2.12. The molecule has 0 aromatic carbocycles. The van der Waals surface area contributed by atoms with Gasteiger partial charge in [0.25, 0.3) is 0 Å². The molecule has 1 N–H and O–H groups in total. The molecular weight excluding hydrogens is 290 g/mol. The molecule has 86 valence electrons. The maximum absolute atomic E-state index is 4.44. The molecule has 2 aromatic rings. The zero-order valence-corrected chi connectivity index (χ0v) is 11.5. The third kappa shape index (κ3) is 2.30. The van der Waals surface area contributed by atoms with Crippen LogP contribution in [-0.4, -0.2) is 25.0 Å². The van der Waals surface area contributed by atoms with Crippen LogP contribution in [0.4, 0.5) is 0 Å². The number of aromatic amines is 1. The molecule has 0 bridgehead atoms. The molecule has 5 nitrogen and oxygen atoms in total. The molecule has 0 atom stereocenters. The fourth-order valence-corrected chi connectivity index (χ4v) is 2.82. The van der Waals surface area contributed by atoms with Gasteiger partial charge in [-0.15, -0.1) is 0 Å². The molecule has 0 unspecified atom stereocenters. The highest BCUT2D eigenvalue weighted by atomic mass is 79.9. The van der Waals surface area contributed by atoms with Crippen LogP contribution in [0.25, 0.3) is 0 Å². The van der Waals surface area contributed by atoms with E-state index >= 15 is 0 Å². The van der Waals surface area contributed by atoms with Crippen molar-refractivity contribution in [3.63, 3.8) is 0 Å². The van der Waals surface area contributed by atoms with Crippen molar-refractivity contribution < 1.29 is 0 Å². The molecule has 0 radical (unpaired) electrons. The molecule has 0 saturated heterocycles. The number of hydrogen-bond donors (Lipinski definition) is 1. The van der Waals surface area contributed by atoms with E-state index in [1.807, 2.05) is 11.6 Å². The van der Waals surface area contributed by atoms with Gasteiger partial charge < -0.3 is 0 Å². The summed E-state index contributed by atoms with van der Waals surface area (Å²) in [5, 5.41) is 11.9. The number of thioether (sulfide) groups is 1. The third-order valence-electron chi connectivity index (χ3n) is 2.19. The molecule has 0 saturated carbocycles. The highest BCUT2D eigenvalue weighted by molar-refractivity contribution is 9.10. The van der Waals surface area contributed by atoms with Crippen molar-refractivity contribution in [1.82, 2.24) is 25.0 Å². The Bertz CT molecular complexity index is 464. The van der Waals surface area contributed by atoms with Gasteiger partial charge in [0.05, 0.1) is 15.9 Å². The van der Waals surface area contributed by atoms with Crippen LogP contribution in [0.5, 0.6) is 0 Å². The van der Waals surface area contributed by atoms with Crippen LogP contribution in [0.15, 0.2) is 16.0 Å². The fraction of sp³-hybridized carbons (Fsp3) is 0.444. The van der Waals surface area contributed by atoms with Crippen molar-refractivity contribution in [2.24, 2.45) is 0 Å². The molecule has 0 aliphatic carbocycles. The molecule has 7 heteroatoms. The van der Waals surface area contributed by atoms with Crippen molar-refractivity contribution in [3.8, 4) is 0 Å². The predicted octanol–water partition coefficient (Wildman–Crippen LogP) is 2.38. The second-order valence-corrected chi connectivity index (χ2v) is 5.00. The summed E-state index contributed by atoms with van der Waals surface area (Å²) >= 11 is 5.18. The number of nitrogens with zero attached hydrogens (tertiary/aromatic N) is 4. The van der Waals surface area contributed by atoms with E-state index in [1.165, 1.54) is 12.0 Å². The van der Waals surface area contributed by atoms with Crippen LogP contribution >= 0.6 is 27.7 Å². The molecule has 2 rings (SSSR count). The van der Waals surface area contributed by atoms with Crippen LogP contribution in [-0.2, 0) is 12.3 Å². The Kier molecular flexibility index (Phi) is 3.65. The van der Waals surface area contributed by atoms with Gasteiger partial charge in [-0.05, 0) is 29.8 Å². The first-order valence-corrected chi connectivity index (χ1v) is 6.70. The highest BCUT2D eigenvalue weighted by Crippen LogP contribution is 2.27. The van der Waals surface area contributed by atoms with Gasteiger partial charge in [-0.2, -0.15) is 10.2 Å². The van der Waals surface area contributed by atoms with Crippen LogP contribution in [0.2, 0.25) is 0 Å². The van der Waals surface area contributed by atoms with E-state index in [9.17, 15) is 0 Å². The first kappa shape index (κ1) is 11.7. The Labute approximate surface area is 106 Å². The summed E-state index contributed by atoms with van der Waals surface area (Å²) in [6, 6.07) is 0. The largest absolute Gasteiger partial charge is 0.268 e. The fourth-order valence-electron chi connectivity index (χ4n) is 1.41. The molecule has 2 aromatic heterocycles. The van der Waals surface area contributed by atoms with Gasteiger partial charge >= 0.3 is 0 Å². The van der Waals surface area contributed by atoms with Crippen molar-refractivity contribution in [2.45, 2.75) is 31.3 Å². The van der Waals surface area contributed by atoms with Gasteiger partial charge in [0.15, 0.2) is 5.16 Å². The summed E-state index contributed by atoms with van der Waals surface area (Å²) in [4.78, 5) is 4.07. The first-order chi connectivity index (χ1) is 7.72. The zero-order valence-electron chi connectivity index (χ0n) is 9.07. The van der Waals surface area contributed by atoms with Gasteiger partial charge in [-0.3, -0.25) is 9.78 Å². The molecule has 0 fully saturated rings. The van der Waals surface area contributed by atoms with Crippen LogP contribution < -0.4 is 0 Å². The van der Waals surface area contributed by atoms with Crippen LogP contribution in [0.3, 0.4) is 0 Å². The molecule has 0 aliphatic heterocycles. The minimum absolute atomic E-state index is 0.824. The standard InChI is InChI=1S/C9H12BrN5S/c1-3-15-7(8(10)6(2)14-15)4-16-9-11-5-12-13-9/h5H,3-4H2,1-2H3,(H,11,12,13). The van der Waals surface area contributed by atoms with E-state index in [0.717, 1.165) is 27.6 Å². The quantitative estimate of drug-likeness (QED) is 0.881. The van der Waals surface area contributed by atoms with Gasteiger partial charge in [-0.25, -0.2) is 4.98 Å². The van der Waals surface area contributed by atoms with Crippen LogP contribution in [0, 0.1) is 6.92 Å². The lowest BCUT2D eigenvalue weighted by molar-refractivity contribution is 0.631. The first-order valence-electron chi connectivity index (χ1n) is 4.92. The number of aryl methyl sites for hydroxylation is 2. The van der Waals surface area contributed by atoms with Crippen molar-refractivity contribution in [2.75, 3.05) is 0 Å². The monoisotopic (exact) mass is 301 g/mol. The summed E-state index contributed by atoms with van der Waals surface area (Å²) in [5.41, 5.74) is 2.21. The predicted molar refractivity (Wildman–Crippen MR) is 66.3 cm³/mol. The van der Waals surface area contributed by atoms with Crippen molar-refractivity contribution in [1.29, 1.82) is 0 Å². The van der Waals surface area contributed by atoms with Gasteiger partial charge in [0, 0.05) is 12.3 Å². The third-order valence-corrected chi connectivity index (χ3v) is 4.11. The van der Waals surface area contributed by atoms with Gasteiger partial charge in [-0.1, -0.05) is 11.8 Å². The summed E-state index contributed by atoms with van der Waals surface area (Å²) < 4.78 is 3.09. The number of rotatable bonds is 4. The maximum atomic E-state index is 4.44. The molecule has 0 aliphatic rings. The van der Waals surface area contributed by atoms with E-state index in [2.05, 4.69) is 43.1 Å². The number of aromatic nitrogens is 5. The molecule has 0 amide bonds. The number of nitrogens with one attached hydrogen (secondary N) is 1. The number of H-pyrrole nitrogens is 1. The van der Waals surface area contributed by atoms with Crippen molar-refractivity contribution in [3.05, 3.63) is 22.2 Å². The SMILES string of the molecule is CCn1nc(C)c(Br)c1CSc1ncn[nH]1.